The first-order chi connectivity index (χ1) is 13.1. The van der Waals surface area contributed by atoms with E-state index in [2.05, 4.69) is 20.4 Å². The number of nitrogens with one attached hydrogen (secondary N) is 1. The van der Waals surface area contributed by atoms with E-state index in [-0.39, 0.29) is 23.0 Å². The van der Waals surface area contributed by atoms with Gasteiger partial charge in [0, 0.05) is 5.56 Å². The van der Waals surface area contributed by atoms with Gasteiger partial charge >= 0.3 is 6.18 Å². The van der Waals surface area contributed by atoms with Gasteiger partial charge in [0.15, 0.2) is 0 Å². The number of amides is 1. The van der Waals surface area contributed by atoms with Gasteiger partial charge in [0.05, 0.1) is 11.3 Å². The molecule has 146 valence electrons. The molecule has 0 aliphatic carbocycles. The Morgan fingerprint density at radius 3 is 2.57 bits per heavy atom. The lowest BCUT2D eigenvalue weighted by Crippen LogP contribution is -2.28. The molecule has 0 spiro atoms. The minimum Gasteiger partial charge on any atom is -0.340 e. The Hall–Kier alpha value is -3.30. The normalized spacial score (nSPS) is 12.6. The van der Waals surface area contributed by atoms with Crippen LogP contribution in [0.4, 0.5) is 17.6 Å². The van der Waals surface area contributed by atoms with E-state index in [0.29, 0.717) is 5.56 Å². The Morgan fingerprint density at radius 2 is 1.93 bits per heavy atom. The fourth-order valence-corrected chi connectivity index (χ4v) is 2.45. The molecule has 10 heteroatoms. The average Bonchev–Trinajstić information content (AvgIpc) is 3.11. The highest BCUT2D eigenvalue weighted by atomic mass is 19.4. The van der Waals surface area contributed by atoms with Crippen LogP contribution in [0.1, 0.15) is 40.6 Å². The van der Waals surface area contributed by atoms with Crippen LogP contribution >= 0.6 is 0 Å². The third kappa shape index (κ3) is 4.16. The van der Waals surface area contributed by atoms with Crippen LogP contribution in [0.15, 0.2) is 40.9 Å². The van der Waals surface area contributed by atoms with Crippen LogP contribution in [0.2, 0.25) is 0 Å². The fourth-order valence-electron chi connectivity index (χ4n) is 2.45. The van der Waals surface area contributed by atoms with Crippen molar-refractivity contribution >= 4 is 5.91 Å². The molecule has 0 aliphatic rings. The maximum Gasteiger partial charge on any atom is 0.433 e. The summed E-state index contributed by atoms with van der Waals surface area (Å²) >= 11 is 0. The molecule has 1 N–H and O–H groups in total. The van der Waals surface area contributed by atoms with Crippen molar-refractivity contribution in [1.29, 1.82) is 0 Å². The molecular formula is C18H14F4N4O2. The molecule has 0 fully saturated rings. The molecule has 28 heavy (non-hydrogen) atoms. The van der Waals surface area contributed by atoms with Gasteiger partial charge in [0.1, 0.15) is 17.6 Å². The number of pyridine rings is 1. The molecule has 2 aromatic heterocycles. The fraction of sp³-hybridized carbons (Fsp3) is 0.222. The van der Waals surface area contributed by atoms with Crippen LogP contribution < -0.4 is 5.32 Å². The van der Waals surface area contributed by atoms with Gasteiger partial charge in [-0.05, 0) is 38.1 Å². The largest absolute Gasteiger partial charge is 0.433 e. The molecule has 3 aromatic rings. The van der Waals surface area contributed by atoms with Gasteiger partial charge in [-0.15, -0.1) is 0 Å². The third-order valence-electron chi connectivity index (χ3n) is 3.86. The van der Waals surface area contributed by atoms with Crippen molar-refractivity contribution in [3.05, 3.63) is 65.1 Å². The number of benzene rings is 1. The number of aryl methyl sites for hydroxylation is 1. The Kier molecular flexibility index (Phi) is 5.12. The summed E-state index contributed by atoms with van der Waals surface area (Å²) < 4.78 is 56.4. The van der Waals surface area contributed by atoms with E-state index in [4.69, 9.17) is 4.52 Å². The van der Waals surface area contributed by atoms with Crippen LogP contribution in [-0.2, 0) is 6.18 Å². The van der Waals surface area contributed by atoms with E-state index >= 15 is 0 Å². The molecule has 0 bridgehead atoms. The van der Waals surface area contributed by atoms with E-state index in [1.54, 1.807) is 13.0 Å². The second-order valence-electron chi connectivity index (χ2n) is 5.99. The lowest BCUT2D eigenvalue weighted by Gasteiger charge is -2.12. The van der Waals surface area contributed by atoms with Crippen molar-refractivity contribution < 1.29 is 26.9 Å². The molecule has 1 unspecified atom stereocenters. The lowest BCUT2D eigenvalue weighted by atomic mass is 10.1. The highest BCUT2D eigenvalue weighted by molar-refractivity contribution is 5.95. The summed E-state index contributed by atoms with van der Waals surface area (Å²) in [6.45, 7) is 2.87. The maximum absolute atomic E-state index is 13.3. The summed E-state index contributed by atoms with van der Waals surface area (Å²) in [5.74, 6) is -0.902. The first-order valence-electron chi connectivity index (χ1n) is 8.10. The number of hydrogen-bond acceptors (Lipinski definition) is 5. The second-order valence-corrected chi connectivity index (χ2v) is 5.99. The van der Waals surface area contributed by atoms with Gasteiger partial charge in [-0.25, -0.2) is 9.37 Å². The Bertz CT molecular complexity index is 1020. The van der Waals surface area contributed by atoms with Crippen LogP contribution in [0.25, 0.3) is 11.4 Å². The van der Waals surface area contributed by atoms with Gasteiger partial charge in [-0.1, -0.05) is 17.3 Å². The quantitative estimate of drug-likeness (QED) is 0.674. The molecule has 2 heterocycles. The van der Waals surface area contributed by atoms with E-state index in [1.807, 2.05) is 0 Å². The monoisotopic (exact) mass is 394 g/mol. The van der Waals surface area contributed by atoms with Gasteiger partial charge in [-0.3, -0.25) is 4.79 Å². The molecule has 6 nitrogen and oxygen atoms in total. The second kappa shape index (κ2) is 7.37. The van der Waals surface area contributed by atoms with Crippen molar-refractivity contribution in [2.75, 3.05) is 0 Å². The number of rotatable bonds is 4. The topological polar surface area (TPSA) is 80.9 Å². The zero-order chi connectivity index (χ0) is 20.5. The molecule has 1 aromatic carbocycles. The lowest BCUT2D eigenvalue weighted by molar-refractivity contribution is -0.141. The van der Waals surface area contributed by atoms with Crippen molar-refractivity contribution in [2.24, 2.45) is 0 Å². The molecule has 0 aliphatic heterocycles. The molecule has 1 atom stereocenters. The first-order valence-corrected chi connectivity index (χ1v) is 8.10. The Morgan fingerprint density at radius 1 is 1.18 bits per heavy atom. The van der Waals surface area contributed by atoms with Crippen LogP contribution in [0.5, 0.6) is 0 Å². The standard InChI is InChI=1S/C18H14F4N4O2/c1-9-13(6-7-14(23-9)18(20,21)22)16(27)24-10(2)17-25-15(26-28-17)11-4-3-5-12(19)8-11/h3-8,10H,1-2H3,(H,24,27). The minimum absolute atomic E-state index is 0.00952. The number of aromatic nitrogens is 3. The molecule has 0 radical (unpaired) electrons. The maximum atomic E-state index is 13.3. The number of nitrogens with zero attached hydrogens (tertiary/aromatic N) is 3. The van der Waals surface area contributed by atoms with Crippen LogP contribution in [-0.4, -0.2) is 21.0 Å². The SMILES string of the molecule is Cc1nc(C(F)(F)F)ccc1C(=O)NC(C)c1nc(-c2cccc(F)c2)no1. The van der Waals surface area contributed by atoms with E-state index < -0.39 is 29.6 Å². The third-order valence-corrected chi connectivity index (χ3v) is 3.86. The van der Waals surface area contributed by atoms with Crippen molar-refractivity contribution in [3.8, 4) is 11.4 Å². The van der Waals surface area contributed by atoms with Gasteiger partial charge in [0.25, 0.3) is 5.91 Å². The number of hydrogen-bond donors (Lipinski definition) is 1. The number of halogens is 4. The first kappa shape index (κ1) is 19.5. The highest BCUT2D eigenvalue weighted by Crippen LogP contribution is 2.28. The average molecular weight is 394 g/mol. The highest BCUT2D eigenvalue weighted by Gasteiger charge is 2.33. The summed E-state index contributed by atoms with van der Waals surface area (Å²) in [5.41, 5.74) is -0.752. The predicted molar refractivity (Wildman–Crippen MR) is 89.5 cm³/mol. The molecule has 3 rings (SSSR count). The number of carbonyl (C=O) groups excluding carboxylic acids is 1. The molecule has 0 saturated heterocycles. The summed E-state index contributed by atoms with van der Waals surface area (Å²) in [5, 5.41) is 6.30. The molecule has 0 saturated carbocycles. The molecular weight excluding hydrogens is 380 g/mol. The summed E-state index contributed by atoms with van der Waals surface area (Å²) in [6.07, 6.45) is -4.59. The minimum atomic E-state index is -4.59. The van der Waals surface area contributed by atoms with Gasteiger partial charge in [0.2, 0.25) is 11.7 Å². The summed E-state index contributed by atoms with van der Waals surface area (Å²) in [4.78, 5) is 19.9. The number of carbonyl (C=O) groups is 1. The van der Waals surface area contributed by atoms with E-state index in [9.17, 15) is 22.4 Å². The van der Waals surface area contributed by atoms with Crippen LogP contribution in [0.3, 0.4) is 0 Å². The zero-order valence-corrected chi connectivity index (χ0v) is 14.7. The smallest absolute Gasteiger partial charge is 0.340 e. The van der Waals surface area contributed by atoms with Gasteiger partial charge in [-0.2, -0.15) is 18.2 Å². The van der Waals surface area contributed by atoms with E-state index in [0.717, 1.165) is 12.1 Å². The van der Waals surface area contributed by atoms with Crippen molar-refractivity contribution in [3.63, 3.8) is 0 Å². The van der Waals surface area contributed by atoms with Gasteiger partial charge < -0.3 is 9.84 Å². The van der Waals surface area contributed by atoms with Crippen molar-refractivity contribution in [2.45, 2.75) is 26.1 Å². The summed E-state index contributed by atoms with van der Waals surface area (Å²) in [7, 11) is 0. The number of alkyl halides is 3. The van der Waals surface area contributed by atoms with Crippen molar-refractivity contribution in [1.82, 2.24) is 20.4 Å². The van der Waals surface area contributed by atoms with E-state index in [1.165, 1.54) is 25.1 Å². The summed E-state index contributed by atoms with van der Waals surface area (Å²) in [6, 6.07) is 6.65. The Labute approximate surface area is 156 Å². The zero-order valence-electron chi connectivity index (χ0n) is 14.7. The predicted octanol–water partition coefficient (Wildman–Crippen LogP) is 4.09. The molecule has 1 amide bonds. The van der Waals surface area contributed by atoms with Crippen LogP contribution in [0, 0.1) is 12.7 Å². The Balaban J connectivity index is 1.75.